The van der Waals surface area contributed by atoms with Gasteiger partial charge in [0.05, 0.1) is 6.54 Å². The summed E-state index contributed by atoms with van der Waals surface area (Å²) in [5, 5.41) is 5.88. The first-order valence-electron chi connectivity index (χ1n) is 6.75. The molecule has 0 rings (SSSR count). The molecule has 3 nitrogen and oxygen atoms in total. The molecule has 0 aromatic heterocycles. The van der Waals surface area contributed by atoms with Crippen molar-refractivity contribution < 1.29 is 4.79 Å². The Labute approximate surface area is 106 Å². The highest BCUT2D eigenvalue weighted by molar-refractivity contribution is 5.77. The average Bonchev–Trinajstić information content (AvgIpc) is 2.28. The van der Waals surface area contributed by atoms with E-state index in [-0.39, 0.29) is 5.91 Å². The van der Waals surface area contributed by atoms with Gasteiger partial charge in [0.2, 0.25) is 5.91 Å². The number of hydrogen-bond acceptors (Lipinski definition) is 2. The Morgan fingerprint density at radius 2 is 1.94 bits per heavy atom. The van der Waals surface area contributed by atoms with E-state index in [1.807, 2.05) is 0 Å². The van der Waals surface area contributed by atoms with Crippen molar-refractivity contribution in [2.75, 3.05) is 19.6 Å². The van der Waals surface area contributed by atoms with Crippen molar-refractivity contribution in [3.05, 3.63) is 12.7 Å². The second-order valence-corrected chi connectivity index (χ2v) is 4.87. The largest absolute Gasteiger partial charge is 0.355 e. The number of hydrogen-bond donors (Lipinski definition) is 2. The SMILES string of the molecule is C=CCNCC(=O)NCCCCCCC(C)C. The smallest absolute Gasteiger partial charge is 0.233 e. The highest BCUT2D eigenvalue weighted by Gasteiger charge is 1.98. The van der Waals surface area contributed by atoms with Crippen molar-refractivity contribution in [3.63, 3.8) is 0 Å². The Kier molecular flexibility index (Phi) is 11.1. The van der Waals surface area contributed by atoms with Crippen molar-refractivity contribution in [2.24, 2.45) is 5.92 Å². The van der Waals surface area contributed by atoms with Gasteiger partial charge in [-0.1, -0.05) is 45.6 Å². The van der Waals surface area contributed by atoms with E-state index in [1.54, 1.807) is 6.08 Å². The number of carbonyl (C=O) groups is 1. The molecule has 0 aliphatic rings. The fraction of sp³-hybridized carbons (Fsp3) is 0.786. The molecule has 2 N–H and O–H groups in total. The minimum Gasteiger partial charge on any atom is -0.355 e. The van der Waals surface area contributed by atoms with Crippen molar-refractivity contribution in [1.29, 1.82) is 0 Å². The monoisotopic (exact) mass is 240 g/mol. The van der Waals surface area contributed by atoms with Crippen LogP contribution in [0.25, 0.3) is 0 Å². The van der Waals surface area contributed by atoms with Crippen LogP contribution in [0, 0.1) is 5.92 Å². The van der Waals surface area contributed by atoms with E-state index in [0.717, 1.165) is 18.9 Å². The third-order valence-electron chi connectivity index (χ3n) is 2.60. The van der Waals surface area contributed by atoms with Gasteiger partial charge in [-0.2, -0.15) is 0 Å². The van der Waals surface area contributed by atoms with Gasteiger partial charge in [-0.3, -0.25) is 4.79 Å². The molecule has 0 aliphatic carbocycles. The highest BCUT2D eigenvalue weighted by Crippen LogP contribution is 2.08. The molecular weight excluding hydrogens is 212 g/mol. The predicted molar refractivity (Wildman–Crippen MR) is 74.0 cm³/mol. The molecular formula is C14H28N2O. The maximum Gasteiger partial charge on any atom is 0.233 e. The third kappa shape index (κ3) is 13.1. The second kappa shape index (κ2) is 11.6. The molecule has 1 amide bonds. The van der Waals surface area contributed by atoms with Gasteiger partial charge in [0.1, 0.15) is 0 Å². The fourth-order valence-electron chi connectivity index (χ4n) is 1.61. The molecule has 100 valence electrons. The van der Waals surface area contributed by atoms with Gasteiger partial charge in [-0.25, -0.2) is 0 Å². The minimum absolute atomic E-state index is 0.0778. The molecule has 3 heteroatoms. The van der Waals surface area contributed by atoms with E-state index in [0.29, 0.717) is 13.1 Å². The summed E-state index contributed by atoms with van der Waals surface area (Å²) in [7, 11) is 0. The van der Waals surface area contributed by atoms with Gasteiger partial charge >= 0.3 is 0 Å². The summed E-state index contributed by atoms with van der Waals surface area (Å²) in [6, 6.07) is 0. The standard InChI is InChI=1S/C14H28N2O/c1-4-10-15-12-14(17)16-11-8-6-5-7-9-13(2)3/h4,13,15H,1,5-12H2,2-3H3,(H,16,17). The number of unbranched alkanes of at least 4 members (excludes halogenated alkanes) is 3. The molecule has 0 fully saturated rings. The maximum absolute atomic E-state index is 11.3. The molecule has 0 spiro atoms. The summed E-state index contributed by atoms with van der Waals surface area (Å²) in [6.07, 6.45) is 7.97. The Morgan fingerprint density at radius 1 is 1.24 bits per heavy atom. The topological polar surface area (TPSA) is 41.1 Å². The highest BCUT2D eigenvalue weighted by atomic mass is 16.1. The molecule has 0 atom stereocenters. The zero-order valence-corrected chi connectivity index (χ0v) is 11.4. The maximum atomic E-state index is 11.3. The van der Waals surface area contributed by atoms with Crippen molar-refractivity contribution in [3.8, 4) is 0 Å². The number of rotatable bonds is 11. The Hall–Kier alpha value is -0.830. The van der Waals surface area contributed by atoms with E-state index >= 15 is 0 Å². The van der Waals surface area contributed by atoms with Crippen LogP contribution in [-0.2, 0) is 4.79 Å². The van der Waals surface area contributed by atoms with Gasteiger partial charge in [-0.15, -0.1) is 6.58 Å². The molecule has 0 saturated carbocycles. The number of carbonyl (C=O) groups excluding carboxylic acids is 1. The van der Waals surface area contributed by atoms with E-state index in [4.69, 9.17) is 0 Å². The van der Waals surface area contributed by atoms with Crippen molar-refractivity contribution in [2.45, 2.75) is 46.0 Å². The minimum atomic E-state index is 0.0778. The van der Waals surface area contributed by atoms with Crippen molar-refractivity contribution >= 4 is 5.91 Å². The van der Waals surface area contributed by atoms with Gasteiger partial charge in [0.15, 0.2) is 0 Å². The molecule has 0 radical (unpaired) electrons. The van der Waals surface area contributed by atoms with E-state index in [2.05, 4.69) is 31.1 Å². The summed E-state index contributed by atoms with van der Waals surface area (Å²) in [6.45, 7) is 9.97. The summed E-state index contributed by atoms with van der Waals surface area (Å²) in [4.78, 5) is 11.3. The molecule has 0 aromatic rings. The normalized spacial score (nSPS) is 10.5. The molecule has 0 unspecified atom stereocenters. The third-order valence-corrected chi connectivity index (χ3v) is 2.60. The molecule has 17 heavy (non-hydrogen) atoms. The van der Waals surface area contributed by atoms with Gasteiger partial charge in [-0.05, 0) is 12.3 Å². The van der Waals surface area contributed by atoms with Crippen LogP contribution in [0.1, 0.15) is 46.0 Å². The van der Waals surface area contributed by atoms with Crippen LogP contribution in [0.3, 0.4) is 0 Å². The van der Waals surface area contributed by atoms with E-state index < -0.39 is 0 Å². The molecule has 0 aromatic carbocycles. The lowest BCUT2D eigenvalue weighted by molar-refractivity contribution is -0.120. The summed E-state index contributed by atoms with van der Waals surface area (Å²) < 4.78 is 0. The zero-order valence-electron chi connectivity index (χ0n) is 11.4. The quantitative estimate of drug-likeness (QED) is 0.430. The van der Waals surface area contributed by atoms with Crippen LogP contribution in [0.4, 0.5) is 0 Å². The molecule has 0 aliphatic heterocycles. The van der Waals surface area contributed by atoms with E-state index in [9.17, 15) is 4.79 Å². The van der Waals surface area contributed by atoms with Crippen molar-refractivity contribution in [1.82, 2.24) is 10.6 Å². The average molecular weight is 240 g/mol. The summed E-state index contributed by atoms with van der Waals surface area (Å²) >= 11 is 0. The van der Waals surface area contributed by atoms with Crippen LogP contribution >= 0.6 is 0 Å². The first-order chi connectivity index (χ1) is 8.16. The Bertz CT molecular complexity index is 202. The van der Waals surface area contributed by atoms with Crippen LogP contribution in [0.5, 0.6) is 0 Å². The van der Waals surface area contributed by atoms with Crippen LogP contribution in [0.2, 0.25) is 0 Å². The molecule has 0 bridgehead atoms. The molecule has 0 heterocycles. The van der Waals surface area contributed by atoms with Gasteiger partial charge in [0, 0.05) is 13.1 Å². The fourth-order valence-corrected chi connectivity index (χ4v) is 1.61. The lowest BCUT2D eigenvalue weighted by Crippen LogP contribution is -2.34. The summed E-state index contributed by atoms with van der Waals surface area (Å²) in [5.41, 5.74) is 0. The van der Waals surface area contributed by atoms with Crippen LogP contribution < -0.4 is 10.6 Å². The van der Waals surface area contributed by atoms with Crippen LogP contribution in [0.15, 0.2) is 12.7 Å². The first kappa shape index (κ1) is 16.2. The Morgan fingerprint density at radius 3 is 2.59 bits per heavy atom. The predicted octanol–water partition coefficient (Wildman–Crippen LogP) is 2.48. The lowest BCUT2D eigenvalue weighted by atomic mass is 10.0. The van der Waals surface area contributed by atoms with Gasteiger partial charge < -0.3 is 10.6 Å². The second-order valence-electron chi connectivity index (χ2n) is 4.87. The lowest BCUT2D eigenvalue weighted by Gasteiger charge is -2.06. The van der Waals surface area contributed by atoms with Crippen LogP contribution in [-0.4, -0.2) is 25.5 Å². The first-order valence-corrected chi connectivity index (χ1v) is 6.75. The Balaban J connectivity index is 3.16. The molecule has 0 saturated heterocycles. The number of amides is 1. The van der Waals surface area contributed by atoms with Gasteiger partial charge in [0.25, 0.3) is 0 Å². The summed E-state index contributed by atoms with van der Waals surface area (Å²) in [5.74, 6) is 0.889. The van der Waals surface area contributed by atoms with E-state index in [1.165, 1.54) is 25.7 Å². The zero-order chi connectivity index (χ0) is 12.9. The number of nitrogens with one attached hydrogen (secondary N) is 2.